The van der Waals surface area contributed by atoms with Crippen LogP contribution in [0.2, 0.25) is 0 Å². The van der Waals surface area contributed by atoms with Crippen molar-refractivity contribution in [3.63, 3.8) is 0 Å². The Morgan fingerprint density at radius 3 is 2.32 bits per heavy atom. The number of rotatable bonds is 4. The van der Waals surface area contributed by atoms with Crippen molar-refractivity contribution in [1.82, 2.24) is 4.98 Å². The molecule has 3 rings (SSSR count). The van der Waals surface area contributed by atoms with Crippen LogP contribution in [0.15, 0.2) is 48.7 Å². The second-order valence-electron chi connectivity index (χ2n) is 5.18. The van der Waals surface area contributed by atoms with E-state index in [0.29, 0.717) is 16.9 Å². The number of aryl methyl sites for hydroxylation is 1. The van der Waals surface area contributed by atoms with E-state index in [1.54, 1.807) is 18.3 Å². The van der Waals surface area contributed by atoms with E-state index in [1.165, 1.54) is 5.56 Å². The molecule has 0 radical (unpaired) electrons. The molecule has 4 heteroatoms. The van der Waals surface area contributed by atoms with E-state index in [-0.39, 0.29) is 13.2 Å². The monoisotopic (exact) mass is 295 g/mol. The van der Waals surface area contributed by atoms with Crippen molar-refractivity contribution in [2.24, 2.45) is 0 Å². The summed E-state index contributed by atoms with van der Waals surface area (Å²) in [4.78, 5) is 4.31. The summed E-state index contributed by atoms with van der Waals surface area (Å²) in [6, 6.07) is 13.2. The van der Waals surface area contributed by atoms with Gasteiger partial charge in [-0.25, -0.2) is 0 Å². The highest BCUT2D eigenvalue weighted by Gasteiger charge is 2.09. The maximum atomic E-state index is 9.45. The number of hydrogen-bond donors (Lipinski definition) is 2. The molecule has 0 aliphatic carbocycles. The van der Waals surface area contributed by atoms with Crippen LogP contribution < -0.4 is 4.74 Å². The van der Waals surface area contributed by atoms with Gasteiger partial charge in [0.05, 0.1) is 18.7 Å². The van der Waals surface area contributed by atoms with Gasteiger partial charge in [0, 0.05) is 11.6 Å². The first-order valence-electron chi connectivity index (χ1n) is 7.08. The van der Waals surface area contributed by atoms with Gasteiger partial charge in [-0.15, -0.1) is 0 Å². The third-order valence-corrected chi connectivity index (χ3v) is 3.61. The van der Waals surface area contributed by atoms with Gasteiger partial charge in [-0.1, -0.05) is 17.7 Å². The number of fused-ring (bicyclic) bond motifs is 1. The van der Waals surface area contributed by atoms with Crippen molar-refractivity contribution < 1.29 is 14.9 Å². The lowest BCUT2D eigenvalue weighted by molar-refractivity contribution is 0.260. The number of benzene rings is 2. The largest absolute Gasteiger partial charge is 0.457 e. The van der Waals surface area contributed by atoms with E-state index in [4.69, 9.17) is 4.74 Å². The van der Waals surface area contributed by atoms with Gasteiger partial charge in [-0.2, -0.15) is 0 Å². The predicted molar refractivity (Wildman–Crippen MR) is 84.8 cm³/mol. The van der Waals surface area contributed by atoms with Gasteiger partial charge in [0.1, 0.15) is 11.5 Å². The standard InChI is InChI=1S/C18H17NO3/c1-12-2-4-15(5-3-12)22-18-6-7-19-17-9-14(11-21)13(10-20)8-16(17)18/h2-9,20-21H,10-11H2,1H3. The Kier molecular flexibility index (Phi) is 4.04. The van der Waals surface area contributed by atoms with Crippen molar-refractivity contribution in [1.29, 1.82) is 0 Å². The Morgan fingerprint density at radius 2 is 1.64 bits per heavy atom. The maximum absolute atomic E-state index is 9.45. The van der Waals surface area contributed by atoms with Crippen LogP contribution in [0, 0.1) is 6.92 Å². The molecule has 0 saturated heterocycles. The minimum atomic E-state index is -0.134. The summed E-state index contributed by atoms with van der Waals surface area (Å²) < 4.78 is 5.94. The second-order valence-corrected chi connectivity index (χ2v) is 5.18. The third-order valence-electron chi connectivity index (χ3n) is 3.61. The molecule has 112 valence electrons. The van der Waals surface area contributed by atoms with Crippen molar-refractivity contribution in [3.8, 4) is 11.5 Å². The molecule has 0 fully saturated rings. The normalized spacial score (nSPS) is 10.9. The van der Waals surface area contributed by atoms with Crippen molar-refractivity contribution in [2.45, 2.75) is 20.1 Å². The summed E-state index contributed by atoms with van der Waals surface area (Å²) in [5, 5.41) is 19.6. The molecular formula is C18H17NO3. The van der Waals surface area contributed by atoms with E-state index in [1.807, 2.05) is 37.3 Å². The number of aliphatic hydroxyl groups is 2. The van der Waals surface area contributed by atoms with Crippen molar-refractivity contribution in [2.75, 3.05) is 0 Å². The van der Waals surface area contributed by atoms with Crippen molar-refractivity contribution >= 4 is 10.9 Å². The minimum Gasteiger partial charge on any atom is -0.457 e. The molecule has 0 saturated carbocycles. The van der Waals surface area contributed by atoms with Gasteiger partial charge in [0.25, 0.3) is 0 Å². The van der Waals surface area contributed by atoms with E-state index in [9.17, 15) is 10.2 Å². The summed E-state index contributed by atoms with van der Waals surface area (Å²) in [6.45, 7) is 1.76. The van der Waals surface area contributed by atoms with Crippen LogP contribution in [0.1, 0.15) is 16.7 Å². The van der Waals surface area contributed by atoms with Gasteiger partial charge < -0.3 is 14.9 Å². The van der Waals surface area contributed by atoms with Gasteiger partial charge >= 0.3 is 0 Å². The summed E-state index contributed by atoms with van der Waals surface area (Å²) in [6.07, 6.45) is 1.67. The van der Waals surface area contributed by atoms with E-state index < -0.39 is 0 Å². The average Bonchev–Trinajstić information content (AvgIpc) is 2.56. The summed E-state index contributed by atoms with van der Waals surface area (Å²) >= 11 is 0. The van der Waals surface area contributed by atoms with Crippen LogP contribution in [0.4, 0.5) is 0 Å². The lowest BCUT2D eigenvalue weighted by Crippen LogP contribution is -1.96. The molecule has 2 N–H and O–H groups in total. The Bertz CT molecular complexity index is 797. The Labute approximate surface area is 128 Å². The minimum absolute atomic E-state index is 0.128. The molecule has 22 heavy (non-hydrogen) atoms. The molecule has 1 heterocycles. The molecule has 0 spiro atoms. The highest BCUT2D eigenvalue weighted by Crippen LogP contribution is 2.31. The fraction of sp³-hybridized carbons (Fsp3) is 0.167. The molecule has 0 unspecified atom stereocenters. The zero-order valence-electron chi connectivity index (χ0n) is 12.3. The number of nitrogens with zero attached hydrogens (tertiary/aromatic N) is 1. The fourth-order valence-corrected chi connectivity index (χ4v) is 2.37. The van der Waals surface area contributed by atoms with Gasteiger partial charge in [-0.3, -0.25) is 4.98 Å². The SMILES string of the molecule is Cc1ccc(Oc2ccnc3cc(CO)c(CO)cc23)cc1. The quantitative estimate of drug-likeness (QED) is 0.775. The lowest BCUT2D eigenvalue weighted by Gasteiger charge is -2.12. The fourth-order valence-electron chi connectivity index (χ4n) is 2.37. The van der Waals surface area contributed by atoms with Crippen LogP contribution in [-0.2, 0) is 13.2 Å². The number of aromatic nitrogens is 1. The molecule has 2 aromatic carbocycles. The zero-order valence-corrected chi connectivity index (χ0v) is 12.3. The third kappa shape index (κ3) is 2.79. The van der Waals surface area contributed by atoms with E-state index >= 15 is 0 Å². The number of ether oxygens (including phenoxy) is 1. The van der Waals surface area contributed by atoms with Gasteiger partial charge in [0.2, 0.25) is 0 Å². The molecular weight excluding hydrogens is 278 g/mol. The molecule has 0 aliphatic rings. The molecule has 4 nitrogen and oxygen atoms in total. The first-order chi connectivity index (χ1) is 10.7. The first kappa shape index (κ1) is 14.5. The Morgan fingerprint density at radius 1 is 0.955 bits per heavy atom. The molecule has 3 aromatic rings. The Balaban J connectivity index is 2.07. The van der Waals surface area contributed by atoms with Gasteiger partial charge in [0.15, 0.2) is 0 Å². The number of hydrogen-bond acceptors (Lipinski definition) is 4. The van der Waals surface area contributed by atoms with Crippen molar-refractivity contribution in [3.05, 3.63) is 65.4 Å². The number of pyridine rings is 1. The van der Waals surface area contributed by atoms with Crippen LogP contribution in [-0.4, -0.2) is 15.2 Å². The summed E-state index contributed by atoms with van der Waals surface area (Å²) in [5.41, 5.74) is 3.25. The smallest absolute Gasteiger partial charge is 0.138 e. The van der Waals surface area contributed by atoms with Crippen LogP contribution in [0.5, 0.6) is 11.5 Å². The van der Waals surface area contributed by atoms with E-state index in [0.717, 1.165) is 16.7 Å². The Hall–Kier alpha value is -2.43. The molecule has 0 aliphatic heterocycles. The molecule has 1 aromatic heterocycles. The van der Waals surface area contributed by atoms with Gasteiger partial charge in [-0.05, 0) is 48.4 Å². The zero-order chi connectivity index (χ0) is 15.5. The highest BCUT2D eigenvalue weighted by molar-refractivity contribution is 5.86. The van der Waals surface area contributed by atoms with Crippen LogP contribution in [0.3, 0.4) is 0 Å². The van der Waals surface area contributed by atoms with E-state index in [2.05, 4.69) is 4.98 Å². The first-order valence-corrected chi connectivity index (χ1v) is 7.08. The van der Waals surface area contributed by atoms with Crippen LogP contribution >= 0.6 is 0 Å². The maximum Gasteiger partial charge on any atom is 0.138 e. The number of aliphatic hydroxyl groups excluding tert-OH is 2. The summed E-state index contributed by atoms with van der Waals surface area (Å²) in [7, 11) is 0. The van der Waals surface area contributed by atoms with Crippen LogP contribution in [0.25, 0.3) is 10.9 Å². The second kappa shape index (κ2) is 6.13. The lowest BCUT2D eigenvalue weighted by atomic mass is 10.0. The predicted octanol–water partition coefficient (Wildman–Crippen LogP) is 3.32. The summed E-state index contributed by atoms with van der Waals surface area (Å²) in [5.74, 6) is 1.42. The molecule has 0 bridgehead atoms. The molecule has 0 atom stereocenters. The highest BCUT2D eigenvalue weighted by atomic mass is 16.5. The topological polar surface area (TPSA) is 62.6 Å². The average molecular weight is 295 g/mol. The molecule has 0 amide bonds.